The number of phenolic OH excluding ortho intramolecular Hbond substituents is 1. The van der Waals surface area contributed by atoms with E-state index < -0.39 is 16.7 Å². The number of rotatable bonds is 6. The van der Waals surface area contributed by atoms with Crippen molar-refractivity contribution in [1.82, 2.24) is 10.6 Å². The van der Waals surface area contributed by atoms with Crippen LogP contribution in [-0.4, -0.2) is 28.4 Å². The van der Waals surface area contributed by atoms with Crippen molar-refractivity contribution < 1.29 is 19.6 Å². The molecular formula is C16H14BrN3O5. The Hall–Kier alpha value is -2.94. The van der Waals surface area contributed by atoms with Crippen LogP contribution in [0.25, 0.3) is 0 Å². The van der Waals surface area contributed by atoms with E-state index in [0.717, 1.165) is 4.47 Å². The van der Waals surface area contributed by atoms with Crippen LogP contribution in [0.5, 0.6) is 5.75 Å². The largest absolute Gasteiger partial charge is 0.508 e. The van der Waals surface area contributed by atoms with Gasteiger partial charge in [0.05, 0.1) is 11.5 Å². The van der Waals surface area contributed by atoms with Gasteiger partial charge in [-0.25, -0.2) is 0 Å². The third-order valence-corrected chi connectivity index (χ3v) is 3.79. The minimum atomic E-state index is -0.594. The molecule has 0 unspecified atom stereocenters. The Morgan fingerprint density at radius 3 is 2.44 bits per heavy atom. The van der Waals surface area contributed by atoms with Crippen LogP contribution >= 0.6 is 15.9 Å². The van der Waals surface area contributed by atoms with Crippen molar-refractivity contribution in [2.45, 2.75) is 6.54 Å². The lowest BCUT2D eigenvalue weighted by Gasteiger charge is -2.08. The first-order valence-corrected chi connectivity index (χ1v) is 7.93. The zero-order chi connectivity index (χ0) is 18.4. The lowest BCUT2D eigenvalue weighted by molar-refractivity contribution is -0.384. The molecule has 9 heteroatoms. The molecule has 0 heterocycles. The Labute approximate surface area is 151 Å². The topological polar surface area (TPSA) is 122 Å². The molecule has 0 aliphatic heterocycles. The molecule has 0 aliphatic rings. The Balaban J connectivity index is 1.86. The summed E-state index contributed by atoms with van der Waals surface area (Å²) in [6, 6.07) is 10.2. The molecule has 8 nitrogen and oxygen atoms in total. The molecule has 130 valence electrons. The number of aromatic hydroxyl groups is 1. The maximum Gasteiger partial charge on any atom is 0.270 e. The molecule has 2 rings (SSSR count). The highest BCUT2D eigenvalue weighted by atomic mass is 79.9. The summed E-state index contributed by atoms with van der Waals surface area (Å²) in [5.74, 6) is -1.05. The first-order valence-electron chi connectivity index (χ1n) is 7.13. The van der Waals surface area contributed by atoms with Gasteiger partial charge in [-0.1, -0.05) is 15.9 Å². The average Bonchev–Trinajstić information content (AvgIpc) is 2.59. The van der Waals surface area contributed by atoms with Crippen LogP contribution in [0, 0.1) is 10.1 Å². The Morgan fingerprint density at radius 2 is 1.80 bits per heavy atom. The SMILES string of the molecule is O=C(CNC(=O)c1ccc(Br)cc1)NCc1cc([N+](=O)[O-])ccc1O. The van der Waals surface area contributed by atoms with Gasteiger partial charge in [0.1, 0.15) is 5.75 Å². The molecule has 2 amide bonds. The van der Waals surface area contributed by atoms with Crippen molar-refractivity contribution in [3.8, 4) is 5.75 Å². The van der Waals surface area contributed by atoms with Crippen LogP contribution in [0.1, 0.15) is 15.9 Å². The van der Waals surface area contributed by atoms with Gasteiger partial charge < -0.3 is 15.7 Å². The molecule has 0 saturated carbocycles. The minimum Gasteiger partial charge on any atom is -0.508 e. The summed E-state index contributed by atoms with van der Waals surface area (Å²) in [6.07, 6.45) is 0. The van der Waals surface area contributed by atoms with Crippen molar-refractivity contribution >= 4 is 33.4 Å². The molecule has 0 radical (unpaired) electrons. The minimum absolute atomic E-state index is 0.0967. The van der Waals surface area contributed by atoms with Crippen LogP contribution < -0.4 is 10.6 Å². The van der Waals surface area contributed by atoms with Crippen molar-refractivity contribution in [2.24, 2.45) is 0 Å². The van der Waals surface area contributed by atoms with Crippen molar-refractivity contribution in [3.05, 3.63) is 68.2 Å². The lowest BCUT2D eigenvalue weighted by Crippen LogP contribution is -2.36. The van der Waals surface area contributed by atoms with E-state index in [-0.39, 0.29) is 30.1 Å². The second-order valence-corrected chi connectivity index (χ2v) is 5.95. The van der Waals surface area contributed by atoms with Gasteiger partial charge in [0.25, 0.3) is 11.6 Å². The number of amides is 2. The number of nitro groups is 1. The number of halogens is 1. The van der Waals surface area contributed by atoms with E-state index in [0.29, 0.717) is 5.56 Å². The van der Waals surface area contributed by atoms with E-state index in [1.807, 2.05) is 0 Å². The number of non-ortho nitro benzene ring substituents is 1. The molecule has 2 aromatic carbocycles. The summed E-state index contributed by atoms with van der Waals surface area (Å²) in [6.45, 7) is -0.356. The third-order valence-electron chi connectivity index (χ3n) is 3.27. The number of nitrogens with one attached hydrogen (secondary N) is 2. The molecule has 0 saturated heterocycles. The van der Waals surface area contributed by atoms with Gasteiger partial charge in [-0.05, 0) is 30.3 Å². The first-order chi connectivity index (χ1) is 11.9. The van der Waals surface area contributed by atoms with Crippen molar-refractivity contribution in [3.63, 3.8) is 0 Å². The molecule has 0 aliphatic carbocycles. The lowest BCUT2D eigenvalue weighted by atomic mass is 10.1. The highest BCUT2D eigenvalue weighted by molar-refractivity contribution is 9.10. The molecule has 0 aromatic heterocycles. The second-order valence-electron chi connectivity index (χ2n) is 5.04. The van der Waals surface area contributed by atoms with Crippen LogP contribution in [0.4, 0.5) is 5.69 Å². The number of nitro benzene ring substituents is 1. The number of benzene rings is 2. The van der Waals surface area contributed by atoms with Gasteiger partial charge in [0, 0.05) is 34.3 Å². The van der Waals surface area contributed by atoms with Gasteiger partial charge in [0.2, 0.25) is 5.91 Å². The highest BCUT2D eigenvalue weighted by Gasteiger charge is 2.12. The fraction of sp³-hybridized carbons (Fsp3) is 0.125. The summed E-state index contributed by atoms with van der Waals surface area (Å²) in [5, 5.41) is 25.3. The molecule has 0 bridgehead atoms. The van der Waals surface area contributed by atoms with Gasteiger partial charge in [0.15, 0.2) is 0 Å². The number of phenols is 1. The molecular weight excluding hydrogens is 394 g/mol. The predicted octanol–water partition coefficient (Wildman–Crippen LogP) is 2.11. The van der Waals surface area contributed by atoms with Crippen LogP contribution in [0.15, 0.2) is 46.9 Å². The molecule has 0 atom stereocenters. The van der Waals surface area contributed by atoms with Crippen molar-refractivity contribution in [2.75, 3.05) is 6.54 Å². The normalized spacial score (nSPS) is 10.1. The Morgan fingerprint density at radius 1 is 1.12 bits per heavy atom. The van der Waals surface area contributed by atoms with E-state index in [1.54, 1.807) is 24.3 Å². The van der Waals surface area contributed by atoms with Crippen LogP contribution in [0.3, 0.4) is 0 Å². The van der Waals surface area contributed by atoms with E-state index in [9.17, 15) is 24.8 Å². The standard InChI is InChI=1S/C16H14BrN3O5/c17-12-3-1-10(2-4-12)16(23)19-9-15(22)18-8-11-7-13(20(24)25)5-6-14(11)21/h1-7,21H,8-9H2,(H,18,22)(H,19,23). The number of carbonyl (C=O) groups is 2. The zero-order valence-corrected chi connectivity index (χ0v) is 14.4. The van der Waals surface area contributed by atoms with Crippen molar-refractivity contribution in [1.29, 1.82) is 0 Å². The molecule has 0 spiro atoms. The fourth-order valence-electron chi connectivity index (χ4n) is 1.95. The number of hydrogen-bond acceptors (Lipinski definition) is 5. The van der Waals surface area contributed by atoms with Gasteiger partial charge in [-0.2, -0.15) is 0 Å². The van der Waals surface area contributed by atoms with Gasteiger partial charge in [-0.15, -0.1) is 0 Å². The highest BCUT2D eigenvalue weighted by Crippen LogP contribution is 2.22. The maximum atomic E-state index is 11.9. The molecule has 2 aromatic rings. The monoisotopic (exact) mass is 407 g/mol. The van der Waals surface area contributed by atoms with Crippen LogP contribution in [-0.2, 0) is 11.3 Å². The fourth-order valence-corrected chi connectivity index (χ4v) is 2.21. The van der Waals surface area contributed by atoms with Gasteiger partial charge in [-0.3, -0.25) is 19.7 Å². The maximum absolute atomic E-state index is 11.9. The van der Waals surface area contributed by atoms with E-state index in [2.05, 4.69) is 26.6 Å². The quantitative estimate of drug-likeness (QED) is 0.499. The van der Waals surface area contributed by atoms with E-state index in [4.69, 9.17) is 0 Å². The summed E-state index contributed by atoms with van der Waals surface area (Å²) < 4.78 is 0.832. The first kappa shape index (κ1) is 18.4. The third kappa shape index (κ3) is 5.28. The zero-order valence-electron chi connectivity index (χ0n) is 12.9. The van der Waals surface area contributed by atoms with E-state index >= 15 is 0 Å². The summed E-state index contributed by atoms with van der Waals surface area (Å²) in [7, 11) is 0. The number of hydrogen-bond donors (Lipinski definition) is 3. The molecule has 25 heavy (non-hydrogen) atoms. The summed E-state index contributed by atoms with van der Waals surface area (Å²) >= 11 is 3.26. The molecule has 3 N–H and O–H groups in total. The molecule has 0 fully saturated rings. The predicted molar refractivity (Wildman–Crippen MR) is 93.1 cm³/mol. The van der Waals surface area contributed by atoms with Crippen LogP contribution in [0.2, 0.25) is 0 Å². The average molecular weight is 408 g/mol. The number of nitrogens with zero attached hydrogens (tertiary/aromatic N) is 1. The smallest absolute Gasteiger partial charge is 0.270 e. The summed E-state index contributed by atoms with van der Waals surface area (Å²) in [5.41, 5.74) is 0.430. The second kappa shape index (κ2) is 8.25. The van der Waals surface area contributed by atoms with E-state index in [1.165, 1.54) is 18.2 Å². The number of carbonyl (C=O) groups excluding carboxylic acids is 2. The Kier molecular flexibility index (Phi) is 6.07. The van der Waals surface area contributed by atoms with Gasteiger partial charge >= 0.3 is 0 Å². The summed E-state index contributed by atoms with van der Waals surface area (Å²) in [4.78, 5) is 33.8. The Bertz CT molecular complexity index is 808.